The minimum atomic E-state index is -1.80. The van der Waals surface area contributed by atoms with Crippen molar-refractivity contribution in [2.45, 2.75) is 50.3 Å². The summed E-state index contributed by atoms with van der Waals surface area (Å²) in [7, 11) is -3.57. The lowest BCUT2D eigenvalue weighted by atomic mass is 10.0. The van der Waals surface area contributed by atoms with Crippen LogP contribution < -0.4 is 8.85 Å². The molecule has 2 aromatic rings. The van der Waals surface area contributed by atoms with E-state index in [1.807, 2.05) is 17.8 Å². The number of thioether (sulfide) groups is 1. The van der Waals surface area contributed by atoms with Gasteiger partial charge in [0.2, 0.25) is 22.5 Å². The lowest BCUT2D eigenvalue weighted by molar-refractivity contribution is 0.469. The van der Waals surface area contributed by atoms with Crippen molar-refractivity contribution >= 4 is 28.4 Å². The highest BCUT2D eigenvalue weighted by atomic mass is 32.2. The SMILES string of the molecule is C[Si](C)(C)Oc1nc2c(c(O[Si](C)(C)C)n1)C(c1ccccc1)SC2. The summed E-state index contributed by atoms with van der Waals surface area (Å²) in [4.78, 5) is 9.41. The van der Waals surface area contributed by atoms with Gasteiger partial charge >= 0.3 is 6.01 Å². The minimum absolute atomic E-state index is 0.225. The van der Waals surface area contributed by atoms with Crippen molar-refractivity contribution in [3.63, 3.8) is 0 Å². The second-order valence-corrected chi connectivity index (χ2v) is 18.2. The highest BCUT2D eigenvalue weighted by molar-refractivity contribution is 7.99. The van der Waals surface area contributed by atoms with Crippen LogP contribution >= 0.6 is 11.8 Å². The third kappa shape index (κ3) is 4.65. The maximum atomic E-state index is 6.36. The Bertz CT molecular complexity index is 758. The van der Waals surface area contributed by atoms with Gasteiger partial charge in [0.05, 0.1) is 16.5 Å². The first-order valence-corrected chi connectivity index (χ1v) is 16.4. The smallest absolute Gasteiger partial charge is 0.306 e. The van der Waals surface area contributed by atoms with Gasteiger partial charge in [-0.05, 0) is 44.8 Å². The fourth-order valence-corrected chi connectivity index (χ4v) is 5.34. The molecule has 2 heterocycles. The quantitative estimate of drug-likeness (QED) is 0.653. The van der Waals surface area contributed by atoms with Gasteiger partial charge < -0.3 is 8.85 Å². The van der Waals surface area contributed by atoms with Gasteiger partial charge in [-0.3, -0.25) is 0 Å². The molecule has 0 saturated heterocycles. The highest BCUT2D eigenvalue weighted by Crippen LogP contribution is 2.49. The van der Waals surface area contributed by atoms with E-state index in [1.165, 1.54) is 5.56 Å². The van der Waals surface area contributed by atoms with Crippen molar-refractivity contribution in [3.8, 4) is 11.9 Å². The number of benzene rings is 1. The van der Waals surface area contributed by atoms with E-state index < -0.39 is 16.6 Å². The average molecular weight is 391 g/mol. The summed E-state index contributed by atoms with van der Waals surface area (Å²) >= 11 is 1.88. The fourth-order valence-electron chi connectivity index (χ4n) is 2.67. The van der Waals surface area contributed by atoms with Crippen molar-refractivity contribution in [1.82, 2.24) is 9.97 Å². The molecule has 1 aliphatic rings. The molecule has 0 aliphatic carbocycles. The number of aromatic nitrogens is 2. The van der Waals surface area contributed by atoms with E-state index in [4.69, 9.17) is 18.8 Å². The Balaban J connectivity index is 2.06. The average Bonchev–Trinajstić information content (AvgIpc) is 2.89. The van der Waals surface area contributed by atoms with E-state index in [0.29, 0.717) is 6.01 Å². The number of hydrogen-bond acceptors (Lipinski definition) is 5. The first kappa shape index (κ1) is 18.5. The minimum Gasteiger partial charge on any atom is -0.531 e. The van der Waals surface area contributed by atoms with Gasteiger partial charge in [-0.1, -0.05) is 30.3 Å². The molecular formula is C18H26N2O2SSi2. The maximum absolute atomic E-state index is 6.36. The monoisotopic (exact) mass is 390 g/mol. The fraction of sp³-hybridized carbons (Fsp3) is 0.444. The van der Waals surface area contributed by atoms with Gasteiger partial charge in [-0.15, -0.1) is 11.8 Å². The standard InChI is InChI=1S/C18H26N2O2SSi2/c1-24(2,3)21-17-15-14(19-18(20-17)22-25(4,5)6)12-23-16(15)13-10-8-7-9-11-13/h7-11,16H,12H2,1-6H3. The van der Waals surface area contributed by atoms with Gasteiger partial charge in [0, 0.05) is 5.75 Å². The van der Waals surface area contributed by atoms with Gasteiger partial charge in [0.25, 0.3) is 0 Å². The molecule has 134 valence electrons. The predicted octanol–water partition coefficient (Wildman–Crippen LogP) is 5.24. The lowest BCUT2D eigenvalue weighted by Gasteiger charge is -2.24. The Morgan fingerprint density at radius 3 is 2.16 bits per heavy atom. The lowest BCUT2D eigenvalue weighted by Crippen LogP contribution is -2.32. The van der Waals surface area contributed by atoms with E-state index in [-0.39, 0.29) is 5.25 Å². The van der Waals surface area contributed by atoms with Gasteiger partial charge in [-0.2, -0.15) is 9.97 Å². The van der Waals surface area contributed by atoms with Crippen molar-refractivity contribution in [1.29, 1.82) is 0 Å². The molecule has 0 spiro atoms. The molecule has 1 aromatic heterocycles. The van der Waals surface area contributed by atoms with Crippen LogP contribution in [0.1, 0.15) is 22.1 Å². The normalized spacial score (nSPS) is 17.3. The molecular weight excluding hydrogens is 364 g/mol. The molecule has 0 fully saturated rings. The van der Waals surface area contributed by atoms with Gasteiger partial charge in [0.1, 0.15) is 0 Å². The third-order valence-corrected chi connectivity index (χ3v) is 6.40. The second-order valence-electron chi connectivity index (χ2n) is 8.20. The topological polar surface area (TPSA) is 44.2 Å². The zero-order valence-electron chi connectivity index (χ0n) is 15.8. The van der Waals surface area contributed by atoms with Crippen LogP contribution in [0.15, 0.2) is 30.3 Å². The van der Waals surface area contributed by atoms with Crippen LogP contribution in [0.5, 0.6) is 11.9 Å². The van der Waals surface area contributed by atoms with E-state index in [9.17, 15) is 0 Å². The molecule has 0 bridgehead atoms. The summed E-state index contributed by atoms with van der Waals surface area (Å²) in [5.74, 6) is 1.58. The summed E-state index contributed by atoms with van der Waals surface area (Å²) in [6.07, 6.45) is 0. The van der Waals surface area contributed by atoms with Crippen LogP contribution in [0.3, 0.4) is 0 Å². The van der Waals surface area contributed by atoms with Crippen molar-refractivity contribution in [2.24, 2.45) is 0 Å². The Hall–Kier alpha value is -1.32. The Labute approximate surface area is 156 Å². The third-order valence-electron chi connectivity index (χ3n) is 3.52. The molecule has 1 unspecified atom stereocenters. The number of nitrogens with zero attached hydrogens (tertiary/aromatic N) is 2. The number of fused-ring (bicyclic) bond motifs is 1. The Morgan fingerprint density at radius 1 is 0.920 bits per heavy atom. The molecule has 1 aliphatic heterocycles. The number of hydrogen-bond donors (Lipinski definition) is 0. The zero-order chi connectivity index (χ0) is 18.2. The van der Waals surface area contributed by atoms with Crippen molar-refractivity contribution in [3.05, 3.63) is 47.2 Å². The van der Waals surface area contributed by atoms with Gasteiger partial charge in [-0.25, -0.2) is 0 Å². The Morgan fingerprint density at radius 2 is 1.56 bits per heavy atom. The molecule has 0 amide bonds. The molecule has 3 rings (SSSR count). The van der Waals surface area contributed by atoms with Crippen LogP contribution in [-0.2, 0) is 5.75 Å². The van der Waals surface area contributed by atoms with Crippen LogP contribution in [0.25, 0.3) is 0 Å². The van der Waals surface area contributed by atoms with E-state index in [2.05, 4.69) is 63.5 Å². The van der Waals surface area contributed by atoms with E-state index >= 15 is 0 Å². The molecule has 0 radical (unpaired) electrons. The summed E-state index contributed by atoms with van der Waals surface area (Å²) in [6.45, 7) is 13.0. The summed E-state index contributed by atoms with van der Waals surface area (Å²) < 4.78 is 12.4. The summed E-state index contributed by atoms with van der Waals surface area (Å²) in [6, 6.07) is 11.0. The van der Waals surface area contributed by atoms with Gasteiger partial charge in [0.15, 0.2) is 0 Å². The molecule has 0 N–H and O–H groups in total. The van der Waals surface area contributed by atoms with Crippen LogP contribution in [0.4, 0.5) is 0 Å². The number of rotatable bonds is 5. The predicted molar refractivity (Wildman–Crippen MR) is 110 cm³/mol. The molecule has 1 aromatic carbocycles. The first-order chi connectivity index (χ1) is 11.6. The van der Waals surface area contributed by atoms with Crippen molar-refractivity contribution in [2.75, 3.05) is 0 Å². The maximum Gasteiger partial charge on any atom is 0.306 e. The van der Waals surface area contributed by atoms with E-state index in [0.717, 1.165) is 22.9 Å². The molecule has 25 heavy (non-hydrogen) atoms. The highest BCUT2D eigenvalue weighted by Gasteiger charge is 2.34. The molecule has 7 heteroatoms. The molecule has 4 nitrogen and oxygen atoms in total. The van der Waals surface area contributed by atoms with Crippen LogP contribution in [0, 0.1) is 0 Å². The first-order valence-electron chi connectivity index (χ1n) is 8.58. The molecule has 1 atom stereocenters. The summed E-state index contributed by atoms with van der Waals surface area (Å²) in [5, 5.41) is 0.225. The second kappa shape index (κ2) is 6.77. The zero-order valence-corrected chi connectivity index (χ0v) is 18.6. The van der Waals surface area contributed by atoms with Crippen LogP contribution in [-0.4, -0.2) is 26.6 Å². The van der Waals surface area contributed by atoms with Crippen LogP contribution in [0.2, 0.25) is 39.3 Å². The van der Waals surface area contributed by atoms with Crippen molar-refractivity contribution < 1.29 is 8.85 Å². The molecule has 0 saturated carbocycles. The Kier molecular flexibility index (Phi) is 5.00. The summed E-state index contributed by atoms with van der Waals surface area (Å²) in [5.41, 5.74) is 3.45. The van der Waals surface area contributed by atoms with E-state index in [1.54, 1.807) is 0 Å². The largest absolute Gasteiger partial charge is 0.531 e.